The van der Waals surface area contributed by atoms with Gasteiger partial charge < -0.3 is 5.73 Å². The standard InChI is InChI=1S/C15H12ClFN4/c1-21-15(18)13(12-9(16)5-4-6-10(12)17)14(20-21)11-7-2-3-8-19-11/h2-8H,18H2,1H3. The molecule has 0 aliphatic heterocycles. The van der Waals surface area contributed by atoms with Crippen molar-refractivity contribution >= 4 is 17.4 Å². The molecule has 21 heavy (non-hydrogen) atoms. The second kappa shape index (κ2) is 5.18. The lowest BCUT2D eigenvalue weighted by atomic mass is 10.0. The SMILES string of the molecule is Cn1nc(-c2ccccn2)c(-c2c(F)cccc2Cl)c1N. The largest absolute Gasteiger partial charge is 0.383 e. The maximum Gasteiger partial charge on any atom is 0.132 e. The molecule has 0 saturated heterocycles. The van der Waals surface area contributed by atoms with Crippen molar-refractivity contribution in [3.05, 3.63) is 53.4 Å². The van der Waals surface area contributed by atoms with Gasteiger partial charge >= 0.3 is 0 Å². The van der Waals surface area contributed by atoms with Gasteiger partial charge in [0.1, 0.15) is 17.3 Å². The van der Waals surface area contributed by atoms with E-state index in [4.69, 9.17) is 17.3 Å². The maximum absolute atomic E-state index is 14.2. The summed E-state index contributed by atoms with van der Waals surface area (Å²) in [6, 6.07) is 9.93. The molecule has 2 aromatic heterocycles. The van der Waals surface area contributed by atoms with Crippen LogP contribution in [0.25, 0.3) is 22.5 Å². The lowest BCUT2D eigenvalue weighted by Crippen LogP contribution is -1.98. The molecule has 2 N–H and O–H groups in total. The van der Waals surface area contributed by atoms with E-state index in [9.17, 15) is 4.39 Å². The number of nitrogens with two attached hydrogens (primary N) is 1. The van der Waals surface area contributed by atoms with Gasteiger partial charge in [-0.25, -0.2) is 4.39 Å². The van der Waals surface area contributed by atoms with Crippen LogP contribution < -0.4 is 5.73 Å². The van der Waals surface area contributed by atoms with E-state index >= 15 is 0 Å². The first-order valence-electron chi connectivity index (χ1n) is 6.28. The highest BCUT2D eigenvalue weighted by molar-refractivity contribution is 6.33. The van der Waals surface area contributed by atoms with E-state index in [0.29, 0.717) is 22.8 Å². The number of aryl methyl sites for hydroxylation is 1. The van der Waals surface area contributed by atoms with E-state index in [-0.39, 0.29) is 10.6 Å². The summed E-state index contributed by atoms with van der Waals surface area (Å²) in [4.78, 5) is 4.25. The van der Waals surface area contributed by atoms with Crippen molar-refractivity contribution in [2.45, 2.75) is 0 Å². The molecule has 0 fully saturated rings. The average molecular weight is 303 g/mol. The Morgan fingerprint density at radius 2 is 1.95 bits per heavy atom. The highest BCUT2D eigenvalue weighted by atomic mass is 35.5. The fourth-order valence-electron chi connectivity index (χ4n) is 2.20. The van der Waals surface area contributed by atoms with Gasteiger partial charge in [0.05, 0.1) is 16.3 Å². The molecule has 3 aromatic rings. The number of hydrogen-bond donors (Lipinski definition) is 1. The number of nitrogens with zero attached hydrogens (tertiary/aromatic N) is 3. The molecular weight excluding hydrogens is 291 g/mol. The predicted octanol–water partition coefficient (Wildman–Crippen LogP) is 3.52. The number of hydrogen-bond acceptors (Lipinski definition) is 3. The first-order valence-corrected chi connectivity index (χ1v) is 6.65. The average Bonchev–Trinajstić information content (AvgIpc) is 2.77. The van der Waals surface area contributed by atoms with Crippen LogP contribution in [0.5, 0.6) is 0 Å². The molecule has 0 saturated carbocycles. The van der Waals surface area contributed by atoms with Crippen LogP contribution >= 0.6 is 11.6 Å². The predicted molar refractivity (Wildman–Crippen MR) is 81.3 cm³/mol. The van der Waals surface area contributed by atoms with Gasteiger partial charge in [-0.1, -0.05) is 23.7 Å². The van der Waals surface area contributed by atoms with Crippen molar-refractivity contribution in [1.82, 2.24) is 14.8 Å². The van der Waals surface area contributed by atoms with E-state index in [1.807, 2.05) is 6.07 Å². The van der Waals surface area contributed by atoms with Crippen LogP contribution in [0, 0.1) is 5.82 Å². The van der Waals surface area contributed by atoms with Crippen molar-refractivity contribution < 1.29 is 4.39 Å². The van der Waals surface area contributed by atoms with Crippen LogP contribution in [0.15, 0.2) is 42.6 Å². The summed E-state index contributed by atoms with van der Waals surface area (Å²) in [5.74, 6) is -0.109. The minimum absolute atomic E-state index is 0.241. The summed E-state index contributed by atoms with van der Waals surface area (Å²) in [6.07, 6.45) is 1.65. The molecule has 106 valence electrons. The highest BCUT2D eigenvalue weighted by Gasteiger charge is 2.22. The zero-order chi connectivity index (χ0) is 15.0. The van der Waals surface area contributed by atoms with E-state index in [2.05, 4.69) is 10.1 Å². The molecule has 0 atom stereocenters. The molecule has 0 spiro atoms. The molecule has 0 unspecified atom stereocenters. The monoisotopic (exact) mass is 302 g/mol. The third kappa shape index (κ3) is 2.25. The van der Waals surface area contributed by atoms with Crippen LogP contribution in [0.3, 0.4) is 0 Å². The third-order valence-corrected chi connectivity index (χ3v) is 3.53. The fourth-order valence-corrected chi connectivity index (χ4v) is 2.46. The molecular formula is C15H12ClFN4. The Morgan fingerprint density at radius 3 is 2.62 bits per heavy atom. The molecule has 0 aliphatic rings. The first-order chi connectivity index (χ1) is 10.1. The Labute approximate surface area is 126 Å². The minimum atomic E-state index is -0.445. The van der Waals surface area contributed by atoms with E-state index in [1.165, 1.54) is 10.7 Å². The van der Waals surface area contributed by atoms with Crippen LogP contribution in [0.2, 0.25) is 5.02 Å². The molecule has 0 bridgehead atoms. The van der Waals surface area contributed by atoms with E-state index in [1.54, 1.807) is 37.5 Å². The lowest BCUT2D eigenvalue weighted by molar-refractivity contribution is 0.631. The van der Waals surface area contributed by atoms with E-state index in [0.717, 1.165) is 0 Å². The van der Waals surface area contributed by atoms with Gasteiger partial charge in [0, 0.05) is 18.8 Å². The lowest BCUT2D eigenvalue weighted by Gasteiger charge is -2.07. The van der Waals surface area contributed by atoms with Crippen molar-refractivity contribution in [1.29, 1.82) is 0 Å². The Kier molecular flexibility index (Phi) is 3.35. The third-order valence-electron chi connectivity index (χ3n) is 3.21. The molecule has 6 heteroatoms. The quantitative estimate of drug-likeness (QED) is 0.788. The van der Waals surface area contributed by atoms with Crippen LogP contribution in [-0.4, -0.2) is 14.8 Å². The maximum atomic E-state index is 14.2. The van der Waals surface area contributed by atoms with Gasteiger partial charge in [-0.3, -0.25) is 9.67 Å². The first kappa shape index (κ1) is 13.6. The topological polar surface area (TPSA) is 56.7 Å². The second-order valence-corrected chi connectivity index (χ2v) is 4.95. The summed E-state index contributed by atoms with van der Waals surface area (Å²) >= 11 is 6.15. The highest BCUT2D eigenvalue weighted by Crippen LogP contribution is 2.40. The van der Waals surface area contributed by atoms with Crippen LogP contribution in [0.1, 0.15) is 0 Å². The molecule has 0 amide bonds. The number of anilines is 1. The Balaban J connectivity index is 2.33. The van der Waals surface area contributed by atoms with E-state index < -0.39 is 5.82 Å². The number of benzene rings is 1. The molecule has 0 radical (unpaired) electrons. The molecule has 1 aromatic carbocycles. The van der Waals surface area contributed by atoms with Gasteiger partial charge in [0.25, 0.3) is 0 Å². The van der Waals surface area contributed by atoms with Crippen molar-refractivity contribution in [3.63, 3.8) is 0 Å². The van der Waals surface area contributed by atoms with Crippen molar-refractivity contribution in [2.24, 2.45) is 7.05 Å². The van der Waals surface area contributed by atoms with Gasteiger partial charge in [-0.15, -0.1) is 0 Å². The normalized spacial score (nSPS) is 10.8. The molecule has 2 heterocycles. The van der Waals surface area contributed by atoms with Gasteiger partial charge in [0.2, 0.25) is 0 Å². The van der Waals surface area contributed by atoms with Crippen LogP contribution in [-0.2, 0) is 7.05 Å². The van der Waals surface area contributed by atoms with Crippen molar-refractivity contribution in [3.8, 4) is 22.5 Å². The summed E-state index contributed by atoms with van der Waals surface area (Å²) in [7, 11) is 1.69. The zero-order valence-corrected chi connectivity index (χ0v) is 12.0. The summed E-state index contributed by atoms with van der Waals surface area (Å²) in [5.41, 5.74) is 7.87. The molecule has 0 aliphatic carbocycles. The minimum Gasteiger partial charge on any atom is -0.383 e. The van der Waals surface area contributed by atoms with Gasteiger partial charge in [-0.05, 0) is 24.3 Å². The number of pyridine rings is 1. The number of halogens is 2. The fraction of sp³-hybridized carbons (Fsp3) is 0.0667. The summed E-state index contributed by atoms with van der Waals surface area (Å²) in [6.45, 7) is 0. The van der Waals surface area contributed by atoms with Crippen molar-refractivity contribution in [2.75, 3.05) is 5.73 Å². The smallest absolute Gasteiger partial charge is 0.132 e. The Hall–Kier alpha value is -2.40. The van der Waals surface area contributed by atoms with Crippen LogP contribution in [0.4, 0.5) is 10.2 Å². The Morgan fingerprint density at radius 1 is 1.14 bits per heavy atom. The Bertz CT molecular complexity index is 779. The summed E-state index contributed by atoms with van der Waals surface area (Å²) < 4.78 is 15.7. The van der Waals surface area contributed by atoms with Gasteiger partial charge in [0.15, 0.2) is 0 Å². The molecule has 4 nitrogen and oxygen atoms in total. The number of rotatable bonds is 2. The molecule has 3 rings (SSSR count). The zero-order valence-electron chi connectivity index (χ0n) is 11.2. The van der Waals surface area contributed by atoms with Gasteiger partial charge in [-0.2, -0.15) is 5.10 Å². The second-order valence-electron chi connectivity index (χ2n) is 4.54. The number of nitrogen functional groups attached to an aromatic ring is 1. The number of aromatic nitrogens is 3. The summed E-state index contributed by atoms with van der Waals surface area (Å²) in [5, 5.41) is 4.63.